The van der Waals surface area contributed by atoms with E-state index in [1.807, 2.05) is 20.8 Å². The van der Waals surface area contributed by atoms with E-state index in [0.29, 0.717) is 74.3 Å². The van der Waals surface area contributed by atoms with Gasteiger partial charge in [0.1, 0.15) is 15.6 Å². The van der Waals surface area contributed by atoms with Crippen molar-refractivity contribution in [1.29, 1.82) is 0 Å². The van der Waals surface area contributed by atoms with E-state index in [2.05, 4.69) is 0 Å². The maximum atomic E-state index is 14.2. The Hall–Kier alpha value is -8.35. The normalized spacial score (nSPS) is 15.6. The summed E-state index contributed by atoms with van der Waals surface area (Å²) < 4.78 is 235. The Labute approximate surface area is 681 Å². The molecule has 115 heavy (non-hydrogen) atoms. The summed E-state index contributed by atoms with van der Waals surface area (Å²) in [5.41, 5.74) is 2.96. The van der Waals surface area contributed by atoms with Gasteiger partial charge < -0.3 is 14.7 Å². The van der Waals surface area contributed by atoms with Gasteiger partial charge >= 0.3 is 0 Å². The molecule has 7 heterocycles. The smallest absolute Gasteiger partial charge is 0.271 e. The third-order valence-corrected chi connectivity index (χ3v) is 29.7. The Bertz CT molecular complexity index is 5660. The van der Waals surface area contributed by atoms with Crippen molar-refractivity contribution >= 4 is 147 Å². The first-order valence-electron chi connectivity index (χ1n) is 37.5. The first-order valence-corrected chi connectivity index (χ1v) is 44.8. The van der Waals surface area contributed by atoms with Crippen LogP contribution in [0.15, 0.2) is 196 Å². The fourth-order valence-corrected chi connectivity index (χ4v) is 23.1. The van der Waals surface area contributed by atoms with Gasteiger partial charge in [-0.1, -0.05) is 138 Å². The molecule has 4 aromatic heterocycles. The fourth-order valence-electron chi connectivity index (χ4n) is 16.0. The van der Waals surface area contributed by atoms with Crippen LogP contribution in [0, 0.1) is 19.7 Å². The van der Waals surface area contributed by atoms with Crippen molar-refractivity contribution in [3.8, 4) is 0 Å². The molecule has 3 aliphatic heterocycles. The van der Waals surface area contributed by atoms with E-state index in [9.17, 15) is 73.2 Å². The van der Waals surface area contributed by atoms with Crippen LogP contribution in [-0.2, 0) is 40.1 Å². The van der Waals surface area contributed by atoms with E-state index in [1.54, 1.807) is 86.6 Å². The fraction of sp³-hybridized carbons (Fsp3) is 0.325. The Morgan fingerprint density at radius 2 is 0.635 bits per heavy atom. The van der Waals surface area contributed by atoms with Gasteiger partial charge in [-0.25, -0.2) is 89.1 Å². The van der Waals surface area contributed by atoms with Crippen molar-refractivity contribution in [3.05, 3.63) is 241 Å². The molecule has 0 amide bonds. The highest BCUT2D eigenvalue weighted by atomic mass is 35.5. The summed E-state index contributed by atoms with van der Waals surface area (Å²) >= 11 is 24.9. The molecule has 4 fully saturated rings. The quantitative estimate of drug-likeness (QED) is 0.0845. The summed E-state index contributed by atoms with van der Waals surface area (Å²) in [6, 6.07) is 38.3. The van der Waals surface area contributed by atoms with E-state index < -0.39 is 82.1 Å². The van der Waals surface area contributed by atoms with Gasteiger partial charge in [-0.3, -0.25) is 0 Å². The van der Waals surface area contributed by atoms with Gasteiger partial charge in [-0.15, -0.1) is 0 Å². The number of halogens is 13. The molecule has 610 valence electrons. The van der Waals surface area contributed by atoms with Crippen molar-refractivity contribution in [2.75, 3.05) is 54.0 Å². The molecule has 16 rings (SSSR count). The zero-order chi connectivity index (χ0) is 82.2. The number of hydrogen-bond donors (Lipinski definition) is 0. The Balaban J connectivity index is 0.000000134. The van der Waals surface area contributed by atoms with Crippen LogP contribution in [0.4, 0.5) is 56.6 Å². The molecule has 0 radical (unpaired) electrons. The molecule has 1 saturated carbocycles. The highest BCUT2D eigenvalue weighted by Crippen LogP contribution is 2.47. The van der Waals surface area contributed by atoms with E-state index in [1.165, 1.54) is 60.7 Å². The summed E-state index contributed by atoms with van der Waals surface area (Å²) in [5, 5.41) is 1.84. The minimum Gasteiger partial charge on any atom is -0.371 e. The number of fused-ring (bicyclic) bond motifs is 4. The van der Waals surface area contributed by atoms with Gasteiger partial charge in [0.25, 0.3) is 65.8 Å². The largest absolute Gasteiger partial charge is 0.371 e. The lowest BCUT2D eigenvalue weighted by Crippen LogP contribution is -2.29. The van der Waals surface area contributed by atoms with Crippen molar-refractivity contribution < 1.29 is 73.2 Å². The second-order valence-electron chi connectivity index (χ2n) is 28.8. The van der Waals surface area contributed by atoms with Crippen LogP contribution in [-0.4, -0.2) is 88.8 Å². The molecule has 12 aromatic rings. The molecule has 1 aliphatic carbocycles. The summed E-state index contributed by atoms with van der Waals surface area (Å²) in [4.78, 5) is 5.44. The van der Waals surface area contributed by atoms with Crippen molar-refractivity contribution in [1.82, 2.24) is 15.9 Å². The summed E-state index contributed by atoms with van der Waals surface area (Å²) in [7, 11) is -16.7. The minimum absolute atomic E-state index is 0.0108. The number of rotatable bonds is 16. The lowest BCUT2D eigenvalue weighted by atomic mass is 9.82. The number of aromatic nitrogens is 4. The predicted molar refractivity (Wildman–Crippen MR) is 437 cm³/mol. The highest BCUT2D eigenvalue weighted by Gasteiger charge is 2.35. The Kier molecular flexibility index (Phi) is 25.8. The summed E-state index contributed by atoms with van der Waals surface area (Å²) in [6.45, 7) is 7.61. The van der Waals surface area contributed by atoms with E-state index >= 15 is 0 Å². The van der Waals surface area contributed by atoms with Crippen LogP contribution >= 0.6 is 46.4 Å². The summed E-state index contributed by atoms with van der Waals surface area (Å²) in [6.07, 6.45) is 6.78. The third kappa shape index (κ3) is 17.1. The first-order chi connectivity index (χ1) is 54.8. The van der Waals surface area contributed by atoms with Gasteiger partial charge in [0.15, 0.2) is 0 Å². The molecule has 0 unspecified atom stereocenters. The van der Waals surface area contributed by atoms with E-state index in [4.69, 9.17) is 46.4 Å². The standard InChI is InChI=1S/C22H23F2NO2S.C21H21ClF2N2O2S.C20H18Cl2F2N2O2S.C20H18ClF3N2O2S/c1-15-8-5-6-13-20(15)28(26,27)25-14-18(22(23)24)21-17(11-7-12-19(21)25)16-9-3-2-4-10-16;1-14-7-3-4-8-19(14)29(27,28)26-13-16(21(23)24)20-17(11-15(22)12-18(20)26)25-9-5-2-6-10-25;2*21-13-10-16(25-8-4-1-5-9-25)19-14(20(23)24)12-26(17(19)11-13)29(27,28)18-7-3-2-6-15(18)22/h5-8,11-14,16,22H,2-4,9-10H2,1H3;3-4,7-8,11-13,21H,2,5-6,9-10H2,1H3;2*2-3,6-7,10-12,20H,1,4-5,8-9H2. The van der Waals surface area contributed by atoms with Gasteiger partial charge in [-0.05, 0) is 186 Å². The zero-order valence-corrected chi connectivity index (χ0v) is 68.5. The van der Waals surface area contributed by atoms with E-state index in [-0.39, 0.29) is 85.1 Å². The molecule has 8 aromatic carbocycles. The second-order valence-corrected chi connectivity index (χ2v) is 37.7. The van der Waals surface area contributed by atoms with Crippen molar-refractivity contribution in [2.45, 2.75) is 155 Å². The number of nitrogens with zero attached hydrogens (tertiary/aromatic N) is 7. The average molecular weight is 1740 g/mol. The molecule has 0 spiro atoms. The number of alkyl halides is 8. The third-order valence-electron chi connectivity index (χ3n) is 21.5. The van der Waals surface area contributed by atoms with Gasteiger partial charge in [0.05, 0.1) is 36.9 Å². The van der Waals surface area contributed by atoms with Crippen molar-refractivity contribution in [3.63, 3.8) is 0 Å². The lowest BCUT2D eigenvalue weighted by Gasteiger charge is -2.30. The number of aryl methyl sites for hydroxylation is 2. The monoisotopic (exact) mass is 1740 g/mol. The first kappa shape index (κ1) is 84.6. The average Bonchev–Trinajstić information content (AvgIpc) is 1.61. The molecule has 0 N–H and O–H groups in total. The Morgan fingerprint density at radius 3 is 0.991 bits per heavy atom. The summed E-state index contributed by atoms with van der Waals surface area (Å²) in [5.74, 6) is -0.752. The number of anilines is 3. The van der Waals surface area contributed by atoms with E-state index in [0.717, 1.165) is 157 Å². The van der Waals surface area contributed by atoms with Gasteiger partial charge in [-0.2, -0.15) is 0 Å². The lowest BCUT2D eigenvalue weighted by molar-refractivity contribution is 0.152. The van der Waals surface area contributed by atoms with Gasteiger partial charge in [0, 0.05) is 140 Å². The van der Waals surface area contributed by atoms with Crippen LogP contribution in [0.3, 0.4) is 0 Å². The molecule has 0 bridgehead atoms. The number of piperidine rings is 3. The minimum atomic E-state index is -4.44. The second kappa shape index (κ2) is 35.1. The zero-order valence-electron chi connectivity index (χ0n) is 62.2. The molecule has 32 heteroatoms. The Morgan fingerprint density at radius 1 is 0.330 bits per heavy atom. The molecule has 3 saturated heterocycles. The van der Waals surface area contributed by atoms with Crippen LogP contribution in [0.5, 0.6) is 0 Å². The van der Waals surface area contributed by atoms with Crippen LogP contribution in [0.1, 0.15) is 160 Å². The maximum absolute atomic E-state index is 14.2. The molecule has 0 atom stereocenters. The predicted octanol–water partition coefficient (Wildman–Crippen LogP) is 23.7. The van der Waals surface area contributed by atoms with Gasteiger partial charge in [0.2, 0.25) is 0 Å². The van der Waals surface area contributed by atoms with Crippen LogP contribution < -0.4 is 14.7 Å². The topological polar surface area (TPSA) is 166 Å². The molecule has 15 nitrogen and oxygen atoms in total. The molecular weight excluding hydrogens is 1660 g/mol. The SMILES string of the molecule is Cc1ccccc1S(=O)(=O)n1cc(C(F)F)c2c(C3CCCCC3)cccc21.Cc1ccccc1S(=O)(=O)n1cc(C(F)F)c2c(N3CCCCC3)cc(Cl)cc21.O=S(=O)(c1ccccc1Cl)n1cc(C(F)F)c2c(N3CCCCC3)cc(Cl)cc21.O=S(=O)(c1ccccc1F)n1cc(C(F)F)c2c(N3CCCCC3)cc(Cl)cc21. The molecular formula is C83H80Cl4F9N7O8S4. The highest BCUT2D eigenvalue weighted by molar-refractivity contribution is 7.91. The number of hydrogen-bond acceptors (Lipinski definition) is 11. The molecule has 4 aliphatic rings. The van der Waals surface area contributed by atoms with Crippen LogP contribution in [0.2, 0.25) is 20.1 Å². The van der Waals surface area contributed by atoms with Crippen molar-refractivity contribution in [2.24, 2.45) is 0 Å². The van der Waals surface area contributed by atoms with Crippen LogP contribution in [0.25, 0.3) is 43.6 Å². The maximum Gasteiger partial charge on any atom is 0.271 e. The number of benzene rings is 8.